The van der Waals surface area contributed by atoms with Crippen LogP contribution in [0.15, 0.2) is 42.5 Å². The van der Waals surface area contributed by atoms with Crippen LogP contribution < -0.4 is 4.90 Å². The lowest BCUT2D eigenvalue weighted by molar-refractivity contribution is -0.120. The van der Waals surface area contributed by atoms with Gasteiger partial charge in [0.05, 0.1) is 23.3 Å². The molecule has 4 rings (SSSR count). The number of hydrogen-bond donors (Lipinski definition) is 0. The zero-order valence-electron chi connectivity index (χ0n) is 19.5. The molecule has 1 fully saturated rings. The predicted octanol–water partition coefficient (Wildman–Crippen LogP) is 4.53. The quantitative estimate of drug-likeness (QED) is 0.464. The van der Waals surface area contributed by atoms with Crippen LogP contribution in [-0.4, -0.2) is 46.8 Å². The molecule has 170 valence electrons. The van der Waals surface area contributed by atoms with Crippen LogP contribution in [0, 0.1) is 6.92 Å². The summed E-state index contributed by atoms with van der Waals surface area (Å²) < 4.78 is 7.84. The maximum Gasteiger partial charge on any atom is 0.248 e. The Labute approximate surface area is 190 Å². The Morgan fingerprint density at radius 2 is 1.88 bits per heavy atom. The fourth-order valence-electron chi connectivity index (χ4n) is 4.62. The van der Waals surface area contributed by atoms with Crippen molar-refractivity contribution in [2.24, 2.45) is 0 Å². The molecule has 0 atom stereocenters. The van der Waals surface area contributed by atoms with Gasteiger partial charge in [0.25, 0.3) is 0 Å². The van der Waals surface area contributed by atoms with Crippen molar-refractivity contribution < 1.29 is 9.53 Å². The summed E-state index contributed by atoms with van der Waals surface area (Å²) in [6.07, 6.45) is 3.32. The van der Waals surface area contributed by atoms with Crippen LogP contribution in [0.5, 0.6) is 0 Å². The number of likely N-dealkylation sites (tertiary alicyclic amines) is 1. The molecule has 1 saturated heterocycles. The van der Waals surface area contributed by atoms with E-state index < -0.39 is 0 Å². The van der Waals surface area contributed by atoms with E-state index in [0.29, 0.717) is 6.61 Å². The van der Waals surface area contributed by atoms with Crippen molar-refractivity contribution in [1.29, 1.82) is 0 Å². The summed E-state index contributed by atoms with van der Waals surface area (Å²) in [6.45, 7) is 10.2. The van der Waals surface area contributed by atoms with E-state index >= 15 is 0 Å². The van der Waals surface area contributed by atoms with Crippen molar-refractivity contribution in [3.05, 3.63) is 59.4 Å². The fraction of sp³-hybridized carbons (Fsp3) is 0.462. The van der Waals surface area contributed by atoms with Gasteiger partial charge in [0.1, 0.15) is 19.1 Å². The zero-order chi connectivity index (χ0) is 22.5. The van der Waals surface area contributed by atoms with Crippen LogP contribution >= 0.6 is 0 Å². The number of rotatable bonds is 9. The number of aromatic nitrogens is 2. The van der Waals surface area contributed by atoms with E-state index in [1.165, 1.54) is 12.8 Å². The van der Waals surface area contributed by atoms with Gasteiger partial charge in [0.2, 0.25) is 5.91 Å². The number of nitrogens with zero attached hydrogens (tertiary/aromatic N) is 4. The molecule has 0 spiro atoms. The summed E-state index contributed by atoms with van der Waals surface area (Å²) >= 11 is 0. The number of ether oxygens (including phenoxy) is 1. The van der Waals surface area contributed by atoms with Gasteiger partial charge in [-0.3, -0.25) is 14.6 Å². The van der Waals surface area contributed by atoms with E-state index in [-0.39, 0.29) is 19.2 Å². The minimum Gasteiger partial charge on any atom is -0.361 e. The van der Waals surface area contributed by atoms with Gasteiger partial charge in [0, 0.05) is 6.61 Å². The molecule has 0 bridgehead atoms. The Morgan fingerprint density at radius 3 is 2.62 bits per heavy atom. The number of carbonyl (C=O) groups is 1. The maximum atomic E-state index is 13.8. The highest BCUT2D eigenvalue weighted by Gasteiger charge is 2.24. The third kappa shape index (κ3) is 4.71. The molecule has 1 aliphatic rings. The number of benzene rings is 2. The van der Waals surface area contributed by atoms with E-state index in [0.717, 1.165) is 59.7 Å². The van der Waals surface area contributed by atoms with Crippen molar-refractivity contribution in [3.8, 4) is 0 Å². The third-order valence-corrected chi connectivity index (χ3v) is 6.29. The molecule has 0 saturated carbocycles. The zero-order valence-corrected chi connectivity index (χ0v) is 19.5. The summed E-state index contributed by atoms with van der Waals surface area (Å²) in [5, 5.41) is 0. The molecular weight excluding hydrogens is 400 g/mol. The lowest BCUT2D eigenvalue weighted by atomic mass is 10.0. The van der Waals surface area contributed by atoms with Crippen molar-refractivity contribution in [2.45, 2.75) is 53.1 Å². The Bertz CT molecular complexity index is 1070. The van der Waals surface area contributed by atoms with Crippen LogP contribution in [0.25, 0.3) is 11.0 Å². The molecule has 0 N–H and O–H groups in total. The molecule has 0 unspecified atom stereocenters. The van der Waals surface area contributed by atoms with E-state index in [9.17, 15) is 4.79 Å². The van der Waals surface area contributed by atoms with Crippen molar-refractivity contribution >= 4 is 22.6 Å². The standard InChI is InChI=1S/C26H34N4O2/c1-4-21-12-10-11-20(3)26(21)30(19-32-5-2)25(31)18-29-23-14-7-6-13-22(23)27-24(29)17-28-15-8-9-16-28/h6-7,10-14H,4-5,8-9,15-19H2,1-3H3. The number of carbonyl (C=O) groups excluding carboxylic acids is 1. The number of amides is 1. The minimum atomic E-state index is 0.0216. The number of fused-ring (bicyclic) bond motifs is 1. The highest BCUT2D eigenvalue weighted by atomic mass is 16.5. The van der Waals surface area contributed by atoms with Crippen molar-refractivity contribution in [3.63, 3.8) is 0 Å². The summed E-state index contributed by atoms with van der Waals surface area (Å²) in [7, 11) is 0. The van der Waals surface area contributed by atoms with Crippen LogP contribution in [0.1, 0.15) is 43.6 Å². The van der Waals surface area contributed by atoms with Gasteiger partial charge in [-0.05, 0) is 69.5 Å². The molecule has 2 heterocycles. The molecule has 32 heavy (non-hydrogen) atoms. The van der Waals surface area contributed by atoms with Crippen LogP contribution in [0.3, 0.4) is 0 Å². The van der Waals surface area contributed by atoms with E-state index in [1.54, 1.807) is 0 Å². The predicted molar refractivity (Wildman–Crippen MR) is 129 cm³/mol. The number of aryl methyl sites for hydroxylation is 2. The van der Waals surface area contributed by atoms with Gasteiger partial charge in [-0.25, -0.2) is 4.98 Å². The van der Waals surface area contributed by atoms with Crippen molar-refractivity contribution in [2.75, 3.05) is 31.3 Å². The summed E-state index contributed by atoms with van der Waals surface area (Å²) in [6, 6.07) is 14.3. The first-order valence-corrected chi connectivity index (χ1v) is 11.8. The lowest BCUT2D eigenvalue weighted by Gasteiger charge is -2.27. The van der Waals surface area contributed by atoms with Crippen LogP contribution in [0.2, 0.25) is 0 Å². The summed E-state index contributed by atoms with van der Waals surface area (Å²) in [5.74, 6) is 0.978. The molecule has 0 radical (unpaired) electrons. The Balaban J connectivity index is 1.69. The molecule has 1 amide bonds. The van der Waals surface area contributed by atoms with Gasteiger partial charge < -0.3 is 9.30 Å². The molecule has 1 aliphatic heterocycles. The summed E-state index contributed by atoms with van der Waals surface area (Å²) in [4.78, 5) is 22.9. The normalized spacial score (nSPS) is 14.3. The van der Waals surface area contributed by atoms with Crippen LogP contribution in [-0.2, 0) is 29.0 Å². The lowest BCUT2D eigenvalue weighted by Crippen LogP contribution is -2.37. The van der Waals surface area contributed by atoms with Gasteiger partial charge in [-0.2, -0.15) is 0 Å². The monoisotopic (exact) mass is 434 g/mol. The summed E-state index contributed by atoms with van der Waals surface area (Å²) in [5.41, 5.74) is 5.16. The number of imidazole rings is 1. The second-order valence-corrected chi connectivity index (χ2v) is 8.47. The molecular formula is C26H34N4O2. The third-order valence-electron chi connectivity index (χ3n) is 6.29. The van der Waals surface area contributed by atoms with Crippen LogP contribution in [0.4, 0.5) is 5.69 Å². The SMILES string of the molecule is CCOCN(C(=O)Cn1c(CN2CCCC2)nc2ccccc21)c1c(C)cccc1CC. The van der Waals surface area contributed by atoms with E-state index in [2.05, 4.69) is 47.6 Å². The van der Waals surface area contributed by atoms with Gasteiger partial charge in [-0.1, -0.05) is 37.3 Å². The topological polar surface area (TPSA) is 50.6 Å². The minimum absolute atomic E-state index is 0.0216. The smallest absolute Gasteiger partial charge is 0.248 e. The first kappa shape index (κ1) is 22.5. The van der Waals surface area contributed by atoms with E-state index in [1.807, 2.05) is 30.0 Å². The largest absolute Gasteiger partial charge is 0.361 e. The molecule has 0 aliphatic carbocycles. The average Bonchev–Trinajstić information content (AvgIpc) is 3.43. The maximum absolute atomic E-state index is 13.8. The molecule has 1 aromatic heterocycles. The van der Waals surface area contributed by atoms with Crippen molar-refractivity contribution in [1.82, 2.24) is 14.5 Å². The first-order chi connectivity index (χ1) is 15.6. The Hall–Kier alpha value is -2.70. The fourth-order valence-corrected chi connectivity index (χ4v) is 4.62. The Morgan fingerprint density at radius 1 is 1.09 bits per heavy atom. The second-order valence-electron chi connectivity index (χ2n) is 8.47. The van der Waals surface area contributed by atoms with E-state index in [4.69, 9.17) is 9.72 Å². The molecule has 6 heteroatoms. The van der Waals surface area contributed by atoms with Gasteiger partial charge in [-0.15, -0.1) is 0 Å². The average molecular weight is 435 g/mol. The first-order valence-electron chi connectivity index (χ1n) is 11.8. The highest BCUT2D eigenvalue weighted by Crippen LogP contribution is 2.27. The van der Waals surface area contributed by atoms with Gasteiger partial charge >= 0.3 is 0 Å². The highest BCUT2D eigenvalue weighted by molar-refractivity contribution is 5.95. The van der Waals surface area contributed by atoms with Gasteiger partial charge in [0.15, 0.2) is 0 Å². The Kier molecular flexibility index (Phi) is 7.22. The number of anilines is 1. The molecule has 3 aromatic rings. The second kappa shape index (κ2) is 10.3. The molecule has 2 aromatic carbocycles. The molecule has 6 nitrogen and oxygen atoms in total. The number of hydrogen-bond acceptors (Lipinski definition) is 4. The number of para-hydroxylation sites is 3.